The van der Waals surface area contributed by atoms with Gasteiger partial charge in [0.2, 0.25) is 0 Å². The molecule has 2 aliphatic heterocycles. The second kappa shape index (κ2) is 5.77. The van der Waals surface area contributed by atoms with Crippen molar-refractivity contribution in [3.05, 3.63) is 11.6 Å². The van der Waals surface area contributed by atoms with Crippen molar-refractivity contribution in [1.82, 2.24) is 9.88 Å². The number of thiazole rings is 1. The lowest BCUT2D eigenvalue weighted by Crippen LogP contribution is -2.57. The summed E-state index contributed by atoms with van der Waals surface area (Å²) in [6, 6.07) is 0. The third kappa shape index (κ3) is 2.66. The molecular weight excluding hydrogens is 266 g/mol. The van der Waals surface area contributed by atoms with Crippen molar-refractivity contribution in [1.29, 1.82) is 0 Å². The van der Waals surface area contributed by atoms with Gasteiger partial charge in [-0.2, -0.15) is 11.8 Å². The summed E-state index contributed by atoms with van der Waals surface area (Å²) >= 11 is 3.75. The molecule has 6 heteroatoms. The molecule has 2 fully saturated rings. The van der Waals surface area contributed by atoms with Crippen LogP contribution in [-0.4, -0.2) is 59.8 Å². The highest BCUT2D eigenvalue weighted by molar-refractivity contribution is 7.99. The average molecular weight is 285 g/mol. The first-order valence-corrected chi connectivity index (χ1v) is 8.46. The molecule has 0 radical (unpaired) electrons. The third-order valence-corrected chi connectivity index (χ3v) is 5.73. The van der Waals surface area contributed by atoms with Gasteiger partial charge in [-0.05, 0) is 12.2 Å². The van der Waals surface area contributed by atoms with Gasteiger partial charge in [-0.1, -0.05) is 0 Å². The molecule has 18 heavy (non-hydrogen) atoms. The van der Waals surface area contributed by atoms with Crippen LogP contribution in [0.3, 0.4) is 0 Å². The van der Waals surface area contributed by atoms with Crippen LogP contribution >= 0.6 is 23.1 Å². The number of nitrogens with one attached hydrogen (secondary N) is 1. The van der Waals surface area contributed by atoms with Gasteiger partial charge in [0, 0.05) is 42.5 Å². The van der Waals surface area contributed by atoms with Crippen molar-refractivity contribution in [3.63, 3.8) is 0 Å². The van der Waals surface area contributed by atoms with Crippen molar-refractivity contribution in [2.75, 3.05) is 49.7 Å². The summed E-state index contributed by atoms with van der Waals surface area (Å²) in [6.07, 6.45) is 3.13. The molecule has 1 atom stereocenters. The van der Waals surface area contributed by atoms with E-state index in [1.54, 1.807) is 11.3 Å². The number of hydrogen-bond donors (Lipinski definition) is 1. The van der Waals surface area contributed by atoms with Crippen LogP contribution < -0.4 is 5.32 Å². The highest BCUT2D eigenvalue weighted by atomic mass is 32.2. The van der Waals surface area contributed by atoms with Crippen LogP contribution in [-0.2, 0) is 4.74 Å². The summed E-state index contributed by atoms with van der Waals surface area (Å²) in [6.45, 7) is 4.90. The Bertz CT molecular complexity index is 359. The maximum atomic E-state index is 5.48. The quantitative estimate of drug-likeness (QED) is 0.912. The molecule has 0 aliphatic carbocycles. The Kier molecular flexibility index (Phi) is 4.08. The van der Waals surface area contributed by atoms with Crippen LogP contribution in [0.1, 0.15) is 6.42 Å². The summed E-state index contributed by atoms with van der Waals surface area (Å²) in [5.74, 6) is 2.50. The van der Waals surface area contributed by atoms with E-state index in [2.05, 4.69) is 27.0 Å². The van der Waals surface area contributed by atoms with E-state index in [1.807, 2.05) is 11.6 Å². The minimum atomic E-state index is 0.306. The number of ether oxygens (including phenoxy) is 1. The Morgan fingerprint density at radius 3 is 3.00 bits per heavy atom. The summed E-state index contributed by atoms with van der Waals surface area (Å²) in [5.41, 5.74) is 0.306. The smallest absolute Gasteiger partial charge is 0.182 e. The fourth-order valence-electron chi connectivity index (χ4n) is 2.69. The van der Waals surface area contributed by atoms with Gasteiger partial charge in [0.05, 0.1) is 13.2 Å². The number of nitrogens with zero attached hydrogens (tertiary/aromatic N) is 2. The van der Waals surface area contributed by atoms with Gasteiger partial charge in [-0.15, -0.1) is 11.3 Å². The third-order valence-electron chi connectivity index (χ3n) is 3.77. The van der Waals surface area contributed by atoms with E-state index in [4.69, 9.17) is 4.74 Å². The van der Waals surface area contributed by atoms with Crippen molar-refractivity contribution < 1.29 is 4.74 Å². The summed E-state index contributed by atoms with van der Waals surface area (Å²) < 4.78 is 5.48. The molecule has 0 bridgehead atoms. The summed E-state index contributed by atoms with van der Waals surface area (Å²) in [5, 5.41) is 6.58. The highest BCUT2D eigenvalue weighted by Gasteiger charge is 2.40. The molecule has 1 aromatic rings. The summed E-state index contributed by atoms with van der Waals surface area (Å²) in [7, 11) is 0. The lowest BCUT2D eigenvalue weighted by atomic mass is 9.95. The van der Waals surface area contributed by atoms with Crippen molar-refractivity contribution in [3.8, 4) is 0 Å². The fraction of sp³-hybridized carbons (Fsp3) is 0.750. The fourth-order valence-corrected chi connectivity index (χ4v) is 4.69. The number of thioether (sulfide) groups is 1. The molecule has 3 rings (SSSR count). The van der Waals surface area contributed by atoms with Crippen molar-refractivity contribution in [2.24, 2.45) is 0 Å². The van der Waals surface area contributed by atoms with Gasteiger partial charge in [0.25, 0.3) is 0 Å². The number of anilines is 1. The zero-order chi connectivity index (χ0) is 12.3. The number of hydrogen-bond acceptors (Lipinski definition) is 6. The van der Waals surface area contributed by atoms with Crippen LogP contribution in [0.5, 0.6) is 0 Å². The lowest BCUT2D eigenvalue weighted by Gasteiger charge is -2.43. The minimum Gasteiger partial charge on any atom is -0.379 e. The minimum absolute atomic E-state index is 0.306. The molecule has 0 amide bonds. The van der Waals surface area contributed by atoms with Gasteiger partial charge >= 0.3 is 0 Å². The van der Waals surface area contributed by atoms with Gasteiger partial charge in [0.15, 0.2) is 5.13 Å². The van der Waals surface area contributed by atoms with E-state index in [-0.39, 0.29) is 0 Å². The predicted octanol–water partition coefficient (Wildman–Crippen LogP) is 1.76. The van der Waals surface area contributed by atoms with E-state index in [0.717, 1.165) is 38.0 Å². The Labute approximate surface area is 116 Å². The Morgan fingerprint density at radius 2 is 2.33 bits per heavy atom. The molecule has 2 saturated heterocycles. The molecule has 0 spiro atoms. The van der Waals surface area contributed by atoms with E-state index >= 15 is 0 Å². The first kappa shape index (κ1) is 12.7. The molecule has 2 aliphatic rings. The van der Waals surface area contributed by atoms with E-state index < -0.39 is 0 Å². The molecule has 0 unspecified atom stereocenters. The maximum Gasteiger partial charge on any atom is 0.182 e. The first-order valence-electron chi connectivity index (χ1n) is 6.43. The molecular formula is C12H19N3OS2. The van der Waals surface area contributed by atoms with Gasteiger partial charge in [-0.3, -0.25) is 4.90 Å². The number of rotatable bonds is 4. The van der Waals surface area contributed by atoms with E-state index in [0.29, 0.717) is 5.54 Å². The maximum absolute atomic E-state index is 5.48. The second-order valence-corrected chi connectivity index (χ2v) is 6.82. The Morgan fingerprint density at radius 1 is 1.44 bits per heavy atom. The molecule has 0 saturated carbocycles. The largest absolute Gasteiger partial charge is 0.379 e. The topological polar surface area (TPSA) is 37.4 Å². The van der Waals surface area contributed by atoms with Crippen LogP contribution in [0, 0.1) is 0 Å². The zero-order valence-corrected chi connectivity index (χ0v) is 12.1. The molecule has 1 N–H and O–H groups in total. The van der Waals surface area contributed by atoms with E-state index in [1.165, 1.54) is 17.9 Å². The molecule has 1 aromatic heterocycles. The van der Waals surface area contributed by atoms with Gasteiger partial charge < -0.3 is 10.1 Å². The predicted molar refractivity (Wildman–Crippen MR) is 77.7 cm³/mol. The molecule has 0 aromatic carbocycles. The standard InChI is InChI=1S/C12H19N3OS2/c1-7-17-10-12(1,15-3-5-16-6-4-15)9-14-11-13-2-8-18-11/h2,8H,1,3-7,9-10H2,(H,13,14)/t12-/m0/s1. The highest BCUT2D eigenvalue weighted by Crippen LogP contribution is 2.34. The Hall–Kier alpha value is -0.300. The monoisotopic (exact) mass is 285 g/mol. The SMILES string of the molecule is c1csc(NC[C@@]2(N3CCOCC3)CCSC2)n1. The average Bonchev–Trinajstić information content (AvgIpc) is 3.10. The molecule has 100 valence electrons. The van der Waals surface area contributed by atoms with Crippen LogP contribution in [0.25, 0.3) is 0 Å². The van der Waals surface area contributed by atoms with Crippen molar-refractivity contribution >= 4 is 28.2 Å². The summed E-state index contributed by atoms with van der Waals surface area (Å²) in [4.78, 5) is 6.93. The zero-order valence-electron chi connectivity index (χ0n) is 10.4. The number of aromatic nitrogens is 1. The number of morpholine rings is 1. The van der Waals surface area contributed by atoms with E-state index in [9.17, 15) is 0 Å². The van der Waals surface area contributed by atoms with Gasteiger partial charge in [-0.25, -0.2) is 4.98 Å². The lowest BCUT2D eigenvalue weighted by molar-refractivity contribution is -0.00920. The normalized spacial score (nSPS) is 29.6. The van der Waals surface area contributed by atoms with Crippen LogP contribution in [0.2, 0.25) is 0 Å². The molecule has 3 heterocycles. The van der Waals surface area contributed by atoms with Crippen LogP contribution in [0.4, 0.5) is 5.13 Å². The second-order valence-electron chi connectivity index (χ2n) is 4.82. The van der Waals surface area contributed by atoms with Crippen LogP contribution in [0.15, 0.2) is 11.6 Å². The van der Waals surface area contributed by atoms with Crippen molar-refractivity contribution in [2.45, 2.75) is 12.0 Å². The first-order chi connectivity index (χ1) is 8.89. The molecule has 4 nitrogen and oxygen atoms in total. The van der Waals surface area contributed by atoms with Gasteiger partial charge in [0.1, 0.15) is 0 Å². The Balaban J connectivity index is 1.66.